The van der Waals surface area contributed by atoms with Crippen molar-refractivity contribution in [1.82, 2.24) is 5.32 Å². The van der Waals surface area contributed by atoms with Crippen molar-refractivity contribution in [1.29, 1.82) is 0 Å². The normalized spacial score (nSPS) is 20.5. The topological polar surface area (TPSA) is 64.6 Å². The highest BCUT2D eigenvalue weighted by molar-refractivity contribution is 6.04. The van der Waals surface area contributed by atoms with Gasteiger partial charge in [0, 0.05) is 29.3 Å². The van der Waals surface area contributed by atoms with Crippen LogP contribution in [0.3, 0.4) is 0 Å². The number of rotatable bonds is 6. The molecule has 0 amide bonds. The van der Waals surface area contributed by atoms with Crippen LogP contribution in [0.15, 0.2) is 77.1 Å². The molecule has 0 saturated heterocycles. The minimum Gasteiger partial charge on any atom is -0.494 e. The summed E-state index contributed by atoms with van der Waals surface area (Å²) in [6, 6.07) is 17.8. The number of esters is 1. The van der Waals surface area contributed by atoms with Gasteiger partial charge in [-0.3, -0.25) is 4.79 Å². The van der Waals surface area contributed by atoms with E-state index < -0.39 is 11.9 Å². The van der Waals surface area contributed by atoms with E-state index in [2.05, 4.69) is 17.4 Å². The van der Waals surface area contributed by atoms with Crippen LogP contribution in [-0.2, 0) is 14.3 Å². The van der Waals surface area contributed by atoms with Crippen LogP contribution in [0, 0.1) is 0 Å². The minimum absolute atomic E-state index is 0.0684. The predicted octanol–water partition coefficient (Wildman–Crippen LogP) is 5.40. The van der Waals surface area contributed by atoms with Crippen molar-refractivity contribution in [3.63, 3.8) is 0 Å². The number of nitrogens with one attached hydrogen (secondary N) is 1. The highest BCUT2D eigenvalue weighted by Crippen LogP contribution is 2.46. The average Bonchev–Trinajstić information content (AvgIpc) is 2.79. The van der Waals surface area contributed by atoms with Crippen molar-refractivity contribution in [2.75, 3.05) is 6.61 Å². The fourth-order valence-electron chi connectivity index (χ4n) is 4.80. The third-order valence-electron chi connectivity index (χ3n) is 6.19. The fraction of sp³-hybridized carbons (Fsp3) is 0.357. The molecule has 1 aliphatic heterocycles. The van der Waals surface area contributed by atoms with Gasteiger partial charge in [-0.05, 0) is 63.3 Å². The van der Waals surface area contributed by atoms with E-state index in [1.54, 1.807) is 0 Å². The largest absolute Gasteiger partial charge is 0.494 e. The number of benzene rings is 2. The second-order valence-electron chi connectivity index (χ2n) is 8.88. The van der Waals surface area contributed by atoms with E-state index in [1.165, 1.54) is 0 Å². The summed E-state index contributed by atoms with van der Waals surface area (Å²) in [4.78, 5) is 26.7. The number of ether oxygens (including phenoxy) is 2. The maximum atomic E-state index is 13.6. The minimum atomic E-state index is -0.465. The quantitative estimate of drug-likeness (QED) is 0.603. The highest BCUT2D eigenvalue weighted by atomic mass is 16.5. The average molecular weight is 446 g/mol. The molecule has 0 radical (unpaired) electrons. The molecule has 1 heterocycles. The van der Waals surface area contributed by atoms with Crippen molar-refractivity contribution >= 4 is 11.8 Å². The number of carbonyl (C=O) groups excluding carboxylic acids is 2. The maximum absolute atomic E-state index is 13.6. The molecule has 2 aliphatic rings. The van der Waals surface area contributed by atoms with Gasteiger partial charge in [-0.25, -0.2) is 4.79 Å². The zero-order valence-corrected chi connectivity index (χ0v) is 19.7. The number of hydrogen-bond acceptors (Lipinski definition) is 5. The lowest BCUT2D eigenvalue weighted by Crippen LogP contribution is -2.36. The van der Waals surface area contributed by atoms with Crippen LogP contribution in [0.25, 0.3) is 0 Å². The molecule has 2 aromatic rings. The van der Waals surface area contributed by atoms with Gasteiger partial charge in [0.15, 0.2) is 5.78 Å². The Hall–Kier alpha value is -3.34. The monoisotopic (exact) mass is 445 g/mol. The molecule has 0 spiro atoms. The number of Topliss-reactive ketones (excluding diaryl/α,β-unsaturated/α-hetero) is 1. The third kappa shape index (κ3) is 4.72. The Morgan fingerprint density at radius 3 is 2.36 bits per heavy atom. The smallest absolute Gasteiger partial charge is 0.337 e. The summed E-state index contributed by atoms with van der Waals surface area (Å²) in [6.07, 6.45) is 0.894. The standard InChI is InChI=1S/C28H31NO4/c1-5-32-22-13-11-20(12-14-22)26-25(28(31)33-17(2)3)18(4)29-23-15-21(16-24(30)27(23)26)19-9-7-6-8-10-19/h6-14,17,21,26,29H,5,15-16H2,1-4H3/t21-,26-/m1/s1. The first-order valence-corrected chi connectivity index (χ1v) is 11.6. The summed E-state index contributed by atoms with van der Waals surface area (Å²) >= 11 is 0. The van der Waals surface area contributed by atoms with Crippen LogP contribution in [-0.4, -0.2) is 24.5 Å². The zero-order valence-electron chi connectivity index (χ0n) is 19.7. The van der Waals surface area contributed by atoms with Crippen LogP contribution >= 0.6 is 0 Å². The molecule has 0 unspecified atom stereocenters. The number of hydrogen-bond donors (Lipinski definition) is 1. The van der Waals surface area contributed by atoms with Gasteiger partial charge in [0.25, 0.3) is 0 Å². The highest BCUT2D eigenvalue weighted by Gasteiger charge is 2.41. The Morgan fingerprint density at radius 2 is 1.73 bits per heavy atom. The number of ketones is 1. The van der Waals surface area contributed by atoms with Gasteiger partial charge < -0.3 is 14.8 Å². The molecule has 0 bridgehead atoms. The second-order valence-corrected chi connectivity index (χ2v) is 8.88. The number of allylic oxidation sites excluding steroid dienone is 3. The molecule has 4 rings (SSSR count). The summed E-state index contributed by atoms with van der Waals surface area (Å²) in [7, 11) is 0. The molecule has 1 aliphatic carbocycles. The molecule has 5 heteroatoms. The molecule has 0 fully saturated rings. The summed E-state index contributed by atoms with van der Waals surface area (Å²) in [6.45, 7) is 8.06. The van der Waals surface area contributed by atoms with E-state index in [4.69, 9.17) is 9.47 Å². The Bertz CT molecular complexity index is 1100. The van der Waals surface area contributed by atoms with Crippen LogP contribution in [0.5, 0.6) is 5.75 Å². The lowest BCUT2D eigenvalue weighted by atomic mass is 9.71. The van der Waals surface area contributed by atoms with E-state index >= 15 is 0 Å². The summed E-state index contributed by atoms with van der Waals surface area (Å²) in [5.74, 6) is 0.0862. The van der Waals surface area contributed by atoms with Gasteiger partial charge in [0.1, 0.15) is 5.75 Å². The first kappa shape index (κ1) is 22.8. The summed E-state index contributed by atoms with van der Waals surface area (Å²) in [5.41, 5.74) is 4.85. The first-order valence-electron chi connectivity index (χ1n) is 11.6. The number of dihydropyridines is 1. The first-order chi connectivity index (χ1) is 15.9. The molecule has 33 heavy (non-hydrogen) atoms. The molecular formula is C28H31NO4. The lowest BCUT2D eigenvalue weighted by Gasteiger charge is -2.37. The Kier molecular flexibility index (Phi) is 6.68. The SMILES string of the molecule is CCOc1ccc([C@@H]2C(C(=O)OC(C)C)=C(C)NC3=C2C(=O)C[C@H](c2ccccc2)C3)cc1. The Balaban J connectivity index is 1.77. The lowest BCUT2D eigenvalue weighted by molar-refractivity contribution is -0.143. The van der Waals surface area contributed by atoms with Gasteiger partial charge in [-0.15, -0.1) is 0 Å². The molecule has 2 aromatic carbocycles. The third-order valence-corrected chi connectivity index (χ3v) is 6.19. The van der Waals surface area contributed by atoms with E-state index in [-0.39, 0.29) is 17.8 Å². The molecule has 2 atom stereocenters. The van der Waals surface area contributed by atoms with Crippen molar-refractivity contribution in [2.24, 2.45) is 0 Å². The Morgan fingerprint density at radius 1 is 1.03 bits per heavy atom. The summed E-state index contributed by atoms with van der Waals surface area (Å²) in [5, 5.41) is 3.40. The molecule has 5 nitrogen and oxygen atoms in total. The van der Waals surface area contributed by atoms with Crippen molar-refractivity contribution in [3.8, 4) is 5.75 Å². The van der Waals surface area contributed by atoms with Crippen LogP contribution < -0.4 is 10.1 Å². The number of carbonyl (C=O) groups is 2. The van der Waals surface area contributed by atoms with E-state index in [1.807, 2.05) is 70.2 Å². The molecular weight excluding hydrogens is 414 g/mol. The zero-order chi connectivity index (χ0) is 23.5. The van der Waals surface area contributed by atoms with Crippen molar-refractivity contribution in [2.45, 2.75) is 58.5 Å². The second kappa shape index (κ2) is 9.65. The maximum Gasteiger partial charge on any atom is 0.337 e. The van der Waals surface area contributed by atoms with Crippen molar-refractivity contribution in [3.05, 3.63) is 88.3 Å². The van der Waals surface area contributed by atoms with E-state index in [0.29, 0.717) is 24.2 Å². The van der Waals surface area contributed by atoms with E-state index in [9.17, 15) is 9.59 Å². The van der Waals surface area contributed by atoms with Gasteiger partial charge >= 0.3 is 5.97 Å². The molecule has 172 valence electrons. The summed E-state index contributed by atoms with van der Waals surface area (Å²) < 4.78 is 11.2. The van der Waals surface area contributed by atoms with Gasteiger partial charge in [0.05, 0.1) is 18.3 Å². The fourth-order valence-corrected chi connectivity index (χ4v) is 4.80. The molecule has 0 aromatic heterocycles. The molecule has 1 N–H and O–H groups in total. The Labute approximate surface area is 195 Å². The van der Waals surface area contributed by atoms with Crippen LogP contribution in [0.4, 0.5) is 0 Å². The van der Waals surface area contributed by atoms with Crippen LogP contribution in [0.1, 0.15) is 63.5 Å². The van der Waals surface area contributed by atoms with Crippen LogP contribution in [0.2, 0.25) is 0 Å². The van der Waals surface area contributed by atoms with Gasteiger partial charge in [-0.1, -0.05) is 42.5 Å². The predicted molar refractivity (Wildman–Crippen MR) is 128 cm³/mol. The van der Waals surface area contributed by atoms with E-state index in [0.717, 1.165) is 34.7 Å². The van der Waals surface area contributed by atoms with Gasteiger partial charge in [0.2, 0.25) is 0 Å². The molecule has 0 saturated carbocycles. The van der Waals surface area contributed by atoms with Gasteiger partial charge in [-0.2, -0.15) is 0 Å². The van der Waals surface area contributed by atoms with Crippen molar-refractivity contribution < 1.29 is 19.1 Å².